The van der Waals surface area contributed by atoms with Gasteiger partial charge < -0.3 is 25.0 Å². The molecule has 2 N–H and O–H groups in total. The smallest absolute Gasteiger partial charge is 0.409 e. The van der Waals surface area contributed by atoms with Crippen LogP contribution >= 0.6 is 24.0 Å². The third-order valence-corrected chi connectivity index (χ3v) is 5.19. The number of ether oxygens (including phenoxy) is 2. The van der Waals surface area contributed by atoms with Gasteiger partial charge in [-0.25, -0.2) is 4.79 Å². The van der Waals surface area contributed by atoms with Gasteiger partial charge >= 0.3 is 6.09 Å². The van der Waals surface area contributed by atoms with E-state index in [2.05, 4.69) is 33.8 Å². The molecule has 0 saturated carbocycles. The Labute approximate surface area is 207 Å². The number of aliphatic imine (C=N–C) groups is 1. The molecule has 32 heavy (non-hydrogen) atoms. The molecule has 3 rings (SSSR count). The zero-order valence-corrected chi connectivity index (χ0v) is 21.1. The minimum absolute atomic E-state index is 0. The van der Waals surface area contributed by atoms with Crippen molar-refractivity contribution in [2.45, 2.75) is 39.0 Å². The van der Waals surface area contributed by atoms with Crippen molar-refractivity contribution in [1.29, 1.82) is 0 Å². The highest BCUT2D eigenvalue weighted by molar-refractivity contribution is 14.0. The first-order valence-electron chi connectivity index (χ1n) is 10.8. The summed E-state index contributed by atoms with van der Waals surface area (Å²) in [5.74, 6) is 1.63. The van der Waals surface area contributed by atoms with Gasteiger partial charge in [0.15, 0.2) is 5.96 Å². The third-order valence-electron chi connectivity index (χ3n) is 5.19. The molecular weight excluding hydrogens is 519 g/mol. The first-order valence-corrected chi connectivity index (χ1v) is 10.8. The van der Waals surface area contributed by atoms with Crippen LogP contribution in [-0.4, -0.2) is 49.7 Å². The van der Waals surface area contributed by atoms with Crippen molar-refractivity contribution in [3.05, 3.63) is 65.7 Å². The zero-order chi connectivity index (χ0) is 21.9. The Balaban J connectivity index is 0.00000363. The van der Waals surface area contributed by atoms with Gasteiger partial charge in [0.1, 0.15) is 12.4 Å². The van der Waals surface area contributed by atoms with Crippen LogP contribution in [0.5, 0.6) is 5.75 Å². The molecule has 0 bridgehead atoms. The van der Waals surface area contributed by atoms with E-state index < -0.39 is 0 Å². The van der Waals surface area contributed by atoms with E-state index >= 15 is 0 Å². The maximum atomic E-state index is 11.8. The third kappa shape index (κ3) is 8.22. The predicted molar refractivity (Wildman–Crippen MR) is 138 cm³/mol. The second-order valence-corrected chi connectivity index (χ2v) is 7.45. The van der Waals surface area contributed by atoms with Crippen molar-refractivity contribution in [1.82, 2.24) is 15.5 Å². The molecule has 0 atom stereocenters. The van der Waals surface area contributed by atoms with Crippen LogP contribution < -0.4 is 15.4 Å². The van der Waals surface area contributed by atoms with E-state index in [9.17, 15) is 4.79 Å². The Hall–Kier alpha value is -2.49. The maximum Gasteiger partial charge on any atom is 0.409 e. The molecule has 1 heterocycles. The first kappa shape index (κ1) is 25.8. The lowest BCUT2D eigenvalue weighted by Crippen LogP contribution is -2.49. The topological polar surface area (TPSA) is 75.2 Å². The Kier molecular flexibility index (Phi) is 11.1. The summed E-state index contributed by atoms with van der Waals surface area (Å²) in [6.07, 6.45) is 1.51. The number of hydrogen-bond acceptors (Lipinski definition) is 4. The highest BCUT2D eigenvalue weighted by Gasteiger charge is 2.24. The molecule has 1 fully saturated rings. The van der Waals surface area contributed by atoms with Gasteiger partial charge in [-0.2, -0.15) is 0 Å². The quantitative estimate of drug-likeness (QED) is 0.307. The molecule has 1 amide bonds. The summed E-state index contributed by atoms with van der Waals surface area (Å²) < 4.78 is 10.9. The molecule has 1 saturated heterocycles. The van der Waals surface area contributed by atoms with Crippen molar-refractivity contribution >= 4 is 36.0 Å². The summed E-state index contributed by atoms with van der Waals surface area (Å²) in [5.41, 5.74) is 2.28. The Morgan fingerprint density at radius 1 is 1.09 bits per heavy atom. The van der Waals surface area contributed by atoms with Crippen LogP contribution in [0.3, 0.4) is 0 Å². The molecule has 0 unspecified atom stereocenters. The molecular formula is C24H33IN4O3. The minimum Gasteiger partial charge on any atom is -0.489 e. The van der Waals surface area contributed by atoms with E-state index in [1.54, 1.807) is 11.9 Å². The maximum absolute atomic E-state index is 11.8. The number of carbonyl (C=O) groups excluding carboxylic acids is 1. The average molecular weight is 552 g/mol. The zero-order valence-electron chi connectivity index (χ0n) is 18.8. The molecule has 1 aliphatic heterocycles. The number of carbonyl (C=O) groups is 1. The van der Waals surface area contributed by atoms with Gasteiger partial charge in [0.05, 0.1) is 6.61 Å². The lowest BCUT2D eigenvalue weighted by atomic mass is 10.1. The number of nitrogens with zero attached hydrogens (tertiary/aromatic N) is 2. The van der Waals surface area contributed by atoms with Crippen LogP contribution in [-0.2, 0) is 17.9 Å². The Morgan fingerprint density at radius 3 is 2.50 bits per heavy atom. The summed E-state index contributed by atoms with van der Waals surface area (Å²) in [6, 6.07) is 18.4. The lowest BCUT2D eigenvalue weighted by Gasteiger charge is -2.32. The SMILES string of the molecule is CCOC(=O)N1CCC(NC(=NC)NCc2cccc(COc3ccccc3)c2)CC1.I. The second kappa shape index (κ2) is 13.8. The van der Waals surface area contributed by atoms with E-state index in [1.807, 2.05) is 43.3 Å². The normalized spacial score (nSPS) is 14.3. The van der Waals surface area contributed by atoms with Gasteiger partial charge in [0.25, 0.3) is 0 Å². The van der Waals surface area contributed by atoms with E-state index in [0.29, 0.717) is 32.8 Å². The number of para-hydroxylation sites is 1. The van der Waals surface area contributed by atoms with Crippen LogP contribution in [0.25, 0.3) is 0 Å². The summed E-state index contributed by atoms with van der Waals surface area (Å²) in [5, 5.41) is 6.85. The van der Waals surface area contributed by atoms with E-state index in [-0.39, 0.29) is 36.1 Å². The van der Waals surface area contributed by atoms with Gasteiger partial charge in [-0.15, -0.1) is 24.0 Å². The second-order valence-electron chi connectivity index (χ2n) is 7.45. The fraction of sp³-hybridized carbons (Fsp3) is 0.417. The number of nitrogens with one attached hydrogen (secondary N) is 2. The molecule has 1 aliphatic rings. The number of rotatable bonds is 7. The van der Waals surface area contributed by atoms with Crippen LogP contribution in [0.1, 0.15) is 30.9 Å². The monoisotopic (exact) mass is 552 g/mol. The largest absolute Gasteiger partial charge is 0.489 e. The van der Waals surface area contributed by atoms with Crippen molar-refractivity contribution in [3.63, 3.8) is 0 Å². The fourth-order valence-electron chi connectivity index (χ4n) is 3.51. The van der Waals surface area contributed by atoms with Crippen molar-refractivity contribution in [2.75, 3.05) is 26.7 Å². The van der Waals surface area contributed by atoms with Crippen molar-refractivity contribution < 1.29 is 14.3 Å². The van der Waals surface area contributed by atoms with Crippen LogP contribution in [0, 0.1) is 0 Å². The molecule has 2 aromatic rings. The van der Waals surface area contributed by atoms with Crippen molar-refractivity contribution in [2.24, 2.45) is 4.99 Å². The number of amides is 1. The lowest BCUT2D eigenvalue weighted by molar-refractivity contribution is 0.0963. The van der Waals surface area contributed by atoms with Crippen LogP contribution in [0.2, 0.25) is 0 Å². The number of benzene rings is 2. The van der Waals surface area contributed by atoms with Crippen LogP contribution in [0.15, 0.2) is 59.6 Å². The molecule has 2 aromatic carbocycles. The van der Waals surface area contributed by atoms with Crippen LogP contribution in [0.4, 0.5) is 4.79 Å². The summed E-state index contributed by atoms with van der Waals surface area (Å²) >= 11 is 0. The van der Waals surface area contributed by atoms with E-state index in [4.69, 9.17) is 9.47 Å². The summed E-state index contributed by atoms with van der Waals surface area (Å²) in [7, 11) is 1.77. The molecule has 0 aromatic heterocycles. The Morgan fingerprint density at radius 2 is 1.81 bits per heavy atom. The fourth-order valence-corrected chi connectivity index (χ4v) is 3.51. The highest BCUT2D eigenvalue weighted by Crippen LogP contribution is 2.13. The minimum atomic E-state index is -0.223. The number of halogens is 1. The molecule has 8 heteroatoms. The number of guanidine groups is 1. The van der Waals surface area contributed by atoms with E-state index in [1.165, 1.54) is 0 Å². The summed E-state index contributed by atoms with van der Waals surface area (Å²) in [6.45, 7) is 4.82. The van der Waals surface area contributed by atoms with Crippen molar-refractivity contribution in [3.8, 4) is 5.75 Å². The van der Waals surface area contributed by atoms with Gasteiger partial charge in [0.2, 0.25) is 0 Å². The Bertz CT molecular complexity index is 855. The number of piperidine rings is 1. The molecule has 0 aliphatic carbocycles. The average Bonchev–Trinajstić information content (AvgIpc) is 2.82. The molecule has 0 spiro atoms. The predicted octanol–water partition coefficient (Wildman–Crippen LogP) is 4.17. The summed E-state index contributed by atoms with van der Waals surface area (Å²) in [4.78, 5) is 17.9. The van der Waals surface area contributed by atoms with Gasteiger partial charge in [-0.3, -0.25) is 4.99 Å². The molecule has 174 valence electrons. The highest BCUT2D eigenvalue weighted by atomic mass is 127. The molecule has 7 nitrogen and oxygen atoms in total. The van der Waals surface area contributed by atoms with Gasteiger partial charge in [0, 0.05) is 32.7 Å². The van der Waals surface area contributed by atoms with E-state index in [0.717, 1.165) is 35.7 Å². The standard InChI is InChI=1S/C24H32N4O3.HI/c1-3-30-24(29)28-14-12-21(13-15-28)27-23(25-2)26-17-19-8-7-9-20(16-19)18-31-22-10-5-4-6-11-22;/h4-11,16,21H,3,12-15,17-18H2,1-2H3,(H2,25,26,27);1H. The number of hydrogen-bond donors (Lipinski definition) is 2. The van der Waals surface area contributed by atoms with Gasteiger partial charge in [-0.1, -0.05) is 42.5 Å². The number of likely N-dealkylation sites (tertiary alicyclic amines) is 1. The van der Waals surface area contributed by atoms with Gasteiger partial charge in [-0.05, 0) is 43.0 Å². The molecule has 0 radical (unpaired) electrons. The first-order chi connectivity index (χ1) is 15.2.